The maximum atomic E-state index is 13.1. The van der Waals surface area contributed by atoms with Crippen molar-refractivity contribution in [2.45, 2.75) is 13.1 Å². The number of likely N-dealkylation sites (N-methyl/N-ethyl adjacent to an activating group) is 1. The average Bonchev–Trinajstić information content (AvgIpc) is 2.36. The van der Waals surface area contributed by atoms with Gasteiger partial charge in [0.2, 0.25) is 0 Å². The Kier molecular flexibility index (Phi) is 5.50. The van der Waals surface area contributed by atoms with Gasteiger partial charge in [0.15, 0.2) is 5.78 Å². The lowest BCUT2D eigenvalue weighted by atomic mass is 10.1. The van der Waals surface area contributed by atoms with Crippen molar-refractivity contribution in [1.29, 1.82) is 0 Å². The number of carbonyl (C=O) groups excluding carboxylic acids is 1. The molecule has 0 saturated heterocycles. The van der Waals surface area contributed by atoms with Gasteiger partial charge in [-0.3, -0.25) is 9.69 Å². The van der Waals surface area contributed by atoms with Crippen LogP contribution in [-0.4, -0.2) is 43.6 Å². The normalized spacial score (nSPS) is 11.8. The van der Waals surface area contributed by atoms with Gasteiger partial charge in [-0.15, -0.1) is 0 Å². The molecule has 1 rings (SSSR count). The van der Waals surface area contributed by atoms with Gasteiger partial charge in [-0.25, -0.2) is 4.39 Å². The number of benzene rings is 1. The van der Waals surface area contributed by atoms with Crippen LogP contribution in [0.1, 0.15) is 17.3 Å². The van der Waals surface area contributed by atoms with Crippen LogP contribution in [0, 0.1) is 5.82 Å². The molecule has 0 aliphatic carbocycles. The number of rotatable bonds is 6. The highest BCUT2D eigenvalue weighted by molar-refractivity contribution is 6.00. The molecule has 0 unspecified atom stereocenters. The summed E-state index contributed by atoms with van der Waals surface area (Å²) < 4.78 is 55.0. The number of hydrogen-bond donors (Lipinski definition) is 0. The van der Waals surface area contributed by atoms with Gasteiger partial charge < -0.3 is 4.74 Å². The smallest absolute Gasteiger partial charge is 0.401 e. The summed E-state index contributed by atoms with van der Waals surface area (Å²) in [5.74, 6) is -1.13. The van der Waals surface area contributed by atoms with Gasteiger partial charge in [0.05, 0.1) is 25.8 Å². The van der Waals surface area contributed by atoms with Crippen LogP contribution in [-0.2, 0) is 0 Å². The predicted octanol–water partition coefficient (Wildman–Crippen LogP) is 2.90. The second-order valence-corrected chi connectivity index (χ2v) is 4.19. The molecule has 20 heavy (non-hydrogen) atoms. The van der Waals surface area contributed by atoms with Crippen molar-refractivity contribution < 1.29 is 27.1 Å². The van der Waals surface area contributed by atoms with Crippen LogP contribution in [0.15, 0.2) is 18.2 Å². The molecule has 1 aromatic carbocycles. The highest BCUT2D eigenvalue weighted by Crippen LogP contribution is 2.21. The first-order valence-electron chi connectivity index (χ1n) is 5.92. The minimum Gasteiger partial charge on any atom is -0.496 e. The van der Waals surface area contributed by atoms with Gasteiger partial charge in [0, 0.05) is 0 Å². The van der Waals surface area contributed by atoms with E-state index in [4.69, 9.17) is 4.74 Å². The zero-order valence-electron chi connectivity index (χ0n) is 11.1. The number of methoxy groups -OCH3 is 1. The number of halogens is 4. The van der Waals surface area contributed by atoms with Crippen molar-refractivity contribution >= 4 is 5.78 Å². The van der Waals surface area contributed by atoms with E-state index in [9.17, 15) is 22.4 Å². The van der Waals surface area contributed by atoms with E-state index < -0.39 is 30.9 Å². The van der Waals surface area contributed by atoms with Crippen molar-refractivity contribution in [2.24, 2.45) is 0 Å². The van der Waals surface area contributed by atoms with Crippen LogP contribution < -0.4 is 4.74 Å². The van der Waals surface area contributed by atoms with Gasteiger partial charge >= 0.3 is 6.18 Å². The molecule has 0 spiro atoms. The molecule has 0 aromatic heterocycles. The van der Waals surface area contributed by atoms with E-state index in [0.29, 0.717) is 0 Å². The maximum absolute atomic E-state index is 13.1. The van der Waals surface area contributed by atoms with Gasteiger partial charge in [-0.1, -0.05) is 6.92 Å². The van der Waals surface area contributed by atoms with Crippen LogP contribution in [0.5, 0.6) is 5.75 Å². The Morgan fingerprint density at radius 3 is 2.50 bits per heavy atom. The summed E-state index contributed by atoms with van der Waals surface area (Å²) in [5, 5.41) is 0. The quantitative estimate of drug-likeness (QED) is 0.596. The minimum atomic E-state index is -4.39. The standard InChI is InChI=1S/C13H15F4NO2/c1-3-18(8-13(15,16)17)7-11(19)10-6-9(14)4-5-12(10)20-2/h4-6H,3,7-8H2,1-2H3. The van der Waals surface area contributed by atoms with Crippen molar-refractivity contribution in [3.05, 3.63) is 29.6 Å². The molecule has 3 nitrogen and oxygen atoms in total. The molecule has 0 atom stereocenters. The fourth-order valence-corrected chi connectivity index (χ4v) is 1.72. The number of carbonyl (C=O) groups is 1. The zero-order chi connectivity index (χ0) is 15.3. The molecule has 0 bridgehead atoms. The molecule has 112 valence electrons. The van der Waals surface area contributed by atoms with E-state index in [-0.39, 0.29) is 17.9 Å². The molecule has 0 radical (unpaired) electrons. The Balaban J connectivity index is 2.87. The number of nitrogens with zero attached hydrogens (tertiary/aromatic N) is 1. The van der Waals surface area contributed by atoms with E-state index in [1.807, 2.05) is 0 Å². The van der Waals surface area contributed by atoms with E-state index in [2.05, 4.69) is 0 Å². The van der Waals surface area contributed by atoms with Crippen molar-refractivity contribution in [1.82, 2.24) is 4.90 Å². The third kappa shape index (κ3) is 4.80. The summed E-state index contributed by atoms with van der Waals surface area (Å²) in [7, 11) is 1.30. The maximum Gasteiger partial charge on any atom is 0.401 e. The van der Waals surface area contributed by atoms with E-state index in [0.717, 1.165) is 17.0 Å². The summed E-state index contributed by atoms with van der Waals surface area (Å²) >= 11 is 0. The van der Waals surface area contributed by atoms with Crippen LogP contribution in [0.3, 0.4) is 0 Å². The third-order valence-corrected chi connectivity index (χ3v) is 2.68. The lowest BCUT2D eigenvalue weighted by Gasteiger charge is -2.21. The molecule has 0 amide bonds. The van der Waals surface area contributed by atoms with Crippen LogP contribution in [0.25, 0.3) is 0 Å². The first-order valence-corrected chi connectivity index (χ1v) is 5.92. The van der Waals surface area contributed by atoms with Crippen LogP contribution in [0.2, 0.25) is 0 Å². The minimum absolute atomic E-state index is 0.0584. The van der Waals surface area contributed by atoms with E-state index in [1.165, 1.54) is 20.1 Å². The molecule has 0 aliphatic heterocycles. The summed E-state index contributed by atoms with van der Waals surface area (Å²) in [5.41, 5.74) is -0.0619. The molecule has 0 saturated carbocycles. The van der Waals surface area contributed by atoms with Gasteiger partial charge in [-0.05, 0) is 24.7 Å². The Hall–Kier alpha value is -1.63. The molecule has 7 heteroatoms. The van der Waals surface area contributed by atoms with Gasteiger partial charge in [-0.2, -0.15) is 13.2 Å². The Labute approximate surface area is 114 Å². The molecule has 0 heterocycles. The molecule has 0 N–H and O–H groups in total. The molecule has 0 aliphatic rings. The number of hydrogen-bond acceptors (Lipinski definition) is 3. The van der Waals surface area contributed by atoms with Gasteiger partial charge in [0.25, 0.3) is 0 Å². The highest BCUT2D eigenvalue weighted by Gasteiger charge is 2.31. The summed E-state index contributed by atoms with van der Waals surface area (Å²) in [6.07, 6.45) is -4.39. The summed E-state index contributed by atoms with van der Waals surface area (Å²) in [6, 6.07) is 3.34. The van der Waals surface area contributed by atoms with Gasteiger partial charge in [0.1, 0.15) is 11.6 Å². The molecule has 0 fully saturated rings. The van der Waals surface area contributed by atoms with E-state index in [1.54, 1.807) is 0 Å². The predicted molar refractivity (Wildman–Crippen MR) is 65.5 cm³/mol. The lowest BCUT2D eigenvalue weighted by Crippen LogP contribution is -2.37. The second kappa shape index (κ2) is 6.69. The fourth-order valence-electron chi connectivity index (χ4n) is 1.72. The average molecular weight is 293 g/mol. The second-order valence-electron chi connectivity index (χ2n) is 4.19. The number of ether oxygens (including phenoxy) is 1. The van der Waals surface area contributed by atoms with Crippen molar-refractivity contribution in [2.75, 3.05) is 26.7 Å². The monoisotopic (exact) mass is 293 g/mol. The topological polar surface area (TPSA) is 29.5 Å². The van der Waals surface area contributed by atoms with Crippen molar-refractivity contribution in [3.63, 3.8) is 0 Å². The Morgan fingerprint density at radius 1 is 1.35 bits per heavy atom. The Morgan fingerprint density at radius 2 is 2.00 bits per heavy atom. The highest BCUT2D eigenvalue weighted by atomic mass is 19.4. The van der Waals surface area contributed by atoms with Crippen molar-refractivity contribution in [3.8, 4) is 5.75 Å². The molecular formula is C13H15F4NO2. The SMILES string of the molecule is CCN(CC(=O)c1cc(F)ccc1OC)CC(F)(F)F. The number of alkyl halides is 3. The number of ketones is 1. The summed E-state index contributed by atoms with van der Waals surface area (Å²) in [6.45, 7) is -0.0621. The molecule has 1 aromatic rings. The van der Waals surface area contributed by atoms with Crippen LogP contribution >= 0.6 is 0 Å². The zero-order valence-corrected chi connectivity index (χ0v) is 11.1. The molecular weight excluding hydrogens is 278 g/mol. The first-order chi connectivity index (χ1) is 9.26. The lowest BCUT2D eigenvalue weighted by molar-refractivity contribution is -0.144. The Bertz CT molecular complexity index is 474. The van der Waals surface area contributed by atoms with E-state index >= 15 is 0 Å². The number of Topliss-reactive ketones (excluding diaryl/α,β-unsaturated/α-hetero) is 1. The fraction of sp³-hybridized carbons (Fsp3) is 0.462. The first kappa shape index (κ1) is 16.4. The largest absolute Gasteiger partial charge is 0.496 e. The van der Waals surface area contributed by atoms with Crippen LogP contribution in [0.4, 0.5) is 17.6 Å². The third-order valence-electron chi connectivity index (χ3n) is 2.68. The summed E-state index contributed by atoms with van der Waals surface area (Å²) in [4.78, 5) is 12.9.